The van der Waals surface area contributed by atoms with Crippen LogP contribution in [0.5, 0.6) is 0 Å². The first-order valence-electron chi connectivity index (χ1n) is 13.5. The summed E-state index contributed by atoms with van der Waals surface area (Å²) in [6.45, 7) is 2.57. The minimum absolute atomic E-state index is 0.149. The van der Waals surface area contributed by atoms with Crippen LogP contribution in [0, 0.1) is 17.8 Å². The SMILES string of the molecule is O=C1NC(=O)N(c2ccc(C34CC5CC(CC(C5)C3)C4)cc2)C(=O)/C1=C/c1cc(Br)c(N2CCOCC2)o1. The molecule has 4 bridgehead atoms. The van der Waals surface area contributed by atoms with Crippen molar-refractivity contribution in [3.05, 3.63) is 51.7 Å². The Hall–Kier alpha value is -2.91. The molecule has 6 fully saturated rings. The summed E-state index contributed by atoms with van der Waals surface area (Å²) in [4.78, 5) is 42.0. The Kier molecular flexibility index (Phi) is 5.78. The normalized spacial score (nSPS) is 31.9. The molecule has 38 heavy (non-hydrogen) atoms. The molecule has 2 aromatic rings. The third-order valence-corrected chi connectivity index (χ3v) is 9.72. The van der Waals surface area contributed by atoms with E-state index in [0.29, 0.717) is 43.6 Å². The van der Waals surface area contributed by atoms with Gasteiger partial charge >= 0.3 is 6.03 Å². The molecule has 4 aliphatic carbocycles. The molecule has 1 aromatic carbocycles. The Morgan fingerprint density at radius 1 is 0.947 bits per heavy atom. The number of imide groups is 2. The Bertz CT molecular complexity index is 1310. The van der Waals surface area contributed by atoms with Crippen LogP contribution < -0.4 is 15.1 Å². The first-order valence-corrected chi connectivity index (χ1v) is 14.3. The van der Waals surface area contributed by atoms with E-state index in [4.69, 9.17) is 9.15 Å². The second-order valence-corrected chi connectivity index (χ2v) is 12.5. The zero-order valence-electron chi connectivity index (χ0n) is 21.1. The molecule has 8 nitrogen and oxygen atoms in total. The summed E-state index contributed by atoms with van der Waals surface area (Å²) < 4.78 is 12.1. The minimum Gasteiger partial charge on any atom is -0.440 e. The molecule has 0 unspecified atom stereocenters. The zero-order valence-corrected chi connectivity index (χ0v) is 22.7. The number of hydrogen-bond acceptors (Lipinski definition) is 6. The number of carbonyl (C=O) groups is 3. The number of urea groups is 1. The number of ether oxygens (including phenoxy) is 1. The van der Waals surface area contributed by atoms with E-state index in [1.165, 1.54) is 50.2 Å². The Labute approximate surface area is 229 Å². The van der Waals surface area contributed by atoms with E-state index < -0.39 is 17.8 Å². The lowest BCUT2D eigenvalue weighted by molar-refractivity contribution is -0.122. The molecule has 198 valence electrons. The fourth-order valence-electron chi connectivity index (χ4n) is 7.89. The lowest BCUT2D eigenvalue weighted by Crippen LogP contribution is -2.54. The van der Waals surface area contributed by atoms with Crippen LogP contribution >= 0.6 is 15.9 Å². The van der Waals surface area contributed by atoms with Crippen molar-refractivity contribution in [2.75, 3.05) is 36.1 Å². The van der Waals surface area contributed by atoms with Crippen LogP contribution in [-0.2, 0) is 19.7 Å². The summed E-state index contributed by atoms with van der Waals surface area (Å²) in [5.41, 5.74) is 1.85. The highest BCUT2D eigenvalue weighted by Crippen LogP contribution is 2.60. The van der Waals surface area contributed by atoms with Crippen molar-refractivity contribution in [2.45, 2.75) is 43.9 Å². The molecule has 8 rings (SSSR count). The molecule has 9 heteroatoms. The third-order valence-electron chi connectivity index (χ3n) is 9.15. The molecule has 1 N–H and O–H groups in total. The van der Waals surface area contributed by atoms with Crippen LogP contribution in [-0.4, -0.2) is 44.1 Å². The summed E-state index contributed by atoms with van der Waals surface area (Å²) >= 11 is 3.51. The van der Waals surface area contributed by atoms with Gasteiger partial charge in [-0.3, -0.25) is 14.9 Å². The fraction of sp³-hybridized carbons (Fsp3) is 0.483. The largest absolute Gasteiger partial charge is 0.440 e. The Balaban J connectivity index is 1.15. The zero-order chi connectivity index (χ0) is 26.0. The third kappa shape index (κ3) is 4.02. The quantitative estimate of drug-likeness (QED) is 0.404. The summed E-state index contributed by atoms with van der Waals surface area (Å²) in [5, 5.41) is 2.32. The van der Waals surface area contributed by atoms with E-state index in [1.807, 2.05) is 17.0 Å². The summed E-state index contributed by atoms with van der Waals surface area (Å²) in [7, 11) is 0. The second kappa shape index (κ2) is 9.09. The smallest absolute Gasteiger partial charge is 0.335 e. The van der Waals surface area contributed by atoms with Gasteiger partial charge in [0.2, 0.25) is 5.88 Å². The van der Waals surface area contributed by atoms with E-state index in [9.17, 15) is 14.4 Å². The predicted molar refractivity (Wildman–Crippen MR) is 145 cm³/mol. The molecule has 4 amide bonds. The van der Waals surface area contributed by atoms with E-state index in [1.54, 1.807) is 6.07 Å². The van der Waals surface area contributed by atoms with Crippen molar-refractivity contribution < 1.29 is 23.5 Å². The number of nitrogens with one attached hydrogen (secondary N) is 1. The van der Waals surface area contributed by atoms with Crippen molar-refractivity contribution in [2.24, 2.45) is 17.8 Å². The molecular weight excluding hydrogens is 550 g/mol. The Morgan fingerprint density at radius 3 is 2.21 bits per heavy atom. The average Bonchev–Trinajstić information content (AvgIpc) is 3.26. The van der Waals surface area contributed by atoms with Crippen LogP contribution in [0.3, 0.4) is 0 Å². The van der Waals surface area contributed by atoms with Gasteiger partial charge < -0.3 is 14.1 Å². The van der Waals surface area contributed by atoms with Gasteiger partial charge in [0, 0.05) is 19.2 Å². The van der Waals surface area contributed by atoms with Gasteiger partial charge in [-0.25, -0.2) is 9.69 Å². The number of benzene rings is 1. The average molecular weight is 580 g/mol. The highest BCUT2D eigenvalue weighted by atomic mass is 79.9. The molecule has 2 saturated heterocycles. The number of anilines is 2. The number of barbiturate groups is 1. The highest BCUT2D eigenvalue weighted by Gasteiger charge is 2.51. The first-order chi connectivity index (χ1) is 18.4. The van der Waals surface area contributed by atoms with Gasteiger partial charge in [0.15, 0.2) is 0 Å². The standard InChI is InChI=1S/C29H30BrN3O5/c30-24-13-22(38-27(24)32-5-7-37-8-6-32)12-23-25(34)31-28(36)33(26(23)35)21-3-1-20(2-4-21)29-14-17-9-18(15-29)11-19(10-17)16-29/h1-4,12-13,17-19H,5-11,14-16H2,(H,31,34,36)/b23-12+. The number of furan rings is 1. The topological polar surface area (TPSA) is 92.1 Å². The van der Waals surface area contributed by atoms with E-state index in [-0.39, 0.29) is 11.0 Å². The van der Waals surface area contributed by atoms with Crippen LogP contribution in [0.25, 0.3) is 6.08 Å². The van der Waals surface area contributed by atoms with Gasteiger partial charge in [0.25, 0.3) is 11.8 Å². The first kappa shape index (κ1) is 24.2. The van der Waals surface area contributed by atoms with Crippen LogP contribution in [0.4, 0.5) is 16.4 Å². The number of morpholine rings is 1. The molecule has 0 radical (unpaired) electrons. The number of rotatable bonds is 4. The highest BCUT2D eigenvalue weighted by molar-refractivity contribution is 9.10. The van der Waals surface area contributed by atoms with Gasteiger partial charge in [0.05, 0.1) is 23.4 Å². The molecule has 0 atom stereocenters. The van der Waals surface area contributed by atoms with Gasteiger partial charge in [-0.05, 0) is 101 Å². The van der Waals surface area contributed by atoms with Crippen molar-refractivity contribution in [3.63, 3.8) is 0 Å². The number of amides is 4. The van der Waals surface area contributed by atoms with E-state index in [2.05, 4.69) is 33.4 Å². The number of nitrogens with zero attached hydrogens (tertiary/aromatic N) is 2. The Morgan fingerprint density at radius 2 is 1.58 bits per heavy atom. The molecule has 3 heterocycles. The summed E-state index contributed by atoms with van der Waals surface area (Å²) in [6, 6.07) is 8.84. The lowest BCUT2D eigenvalue weighted by atomic mass is 9.48. The van der Waals surface area contributed by atoms with Crippen molar-refractivity contribution in [1.82, 2.24) is 5.32 Å². The molecule has 1 aromatic heterocycles. The maximum Gasteiger partial charge on any atom is 0.335 e. The molecule has 0 spiro atoms. The van der Waals surface area contributed by atoms with Crippen LogP contribution in [0.2, 0.25) is 0 Å². The van der Waals surface area contributed by atoms with Crippen LogP contribution in [0.15, 0.2) is 44.8 Å². The summed E-state index contributed by atoms with van der Waals surface area (Å²) in [6.07, 6.45) is 9.26. The maximum absolute atomic E-state index is 13.4. The maximum atomic E-state index is 13.4. The molecule has 6 aliphatic rings. The van der Waals surface area contributed by atoms with Crippen molar-refractivity contribution >= 4 is 51.4 Å². The predicted octanol–water partition coefficient (Wildman–Crippen LogP) is 5.01. The fourth-order valence-corrected chi connectivity index (χ4v) is 8.45. The van der Waals surface area contributed by atoms with Gasteiger partial charge in [-0.15, -0.1) is 0 Å². The van der Waals surface area contributed by atoms with Crippen molar-refractivity contribution in [3.8, 4) is 0 Å². The second-order valence-electron chi connectivity index (χ2n) is 11.6. The van der Waals surface area contributed by atoms with E-state index >= 15 is 0 Å². The van der Waals surface area contributed by atoms with E-state index in [0.717, 1.165) is 27.1 Å². The summed E-state index contributed by atoms with van der Waals surface area (Å²) in [5.74, 6) is 2.07. The monoisotopic (exact) mass is 579 g/mol. The molecule has 4 saturated carbocycles. The molecule has 2 aliphatic heterocycles. The lowest BCUT2D eigenvalue weighted by Gasteiger charge is -2.57. The number of halogens is 1. The van der Waals surface area contributed by atoms with Gasteiger partial charge in [-0.1, -0.05) is 12.1 Å². The van der Waals surface area contributed by atoms with Crippen LogP contribution in [0.1, 0.15) is 49.8 Å². The number of carbonyl (C=O) groups excluding carboxylic acids is 3. The minimum atomic E-state index is -0.741. The van der Waals surface area contributed by atoms with Crippen molar-refractivity contribution in [1.29, 1.82) is 0 Å². The van der Waals surface area contributed by atoms with Gasteiger partial charge in [0.1, 0.15) is 11.3 Å². The number of hydrogen-bond donors (Lipinski definition) is 1. The molecular formula is C29H30BrN3O5. The van der Waals surface area contributed by atoms with Gasteiger partial charge in [-0.2, -0.15) is 0 Å².